The maximum atomic E-state index is 13.8. The molecule has 1 aliphatic rings. The standard InChI is InChI=1S/C24H27F3N4O2S/c1-23(2,3)16-7-4-5-9-18(16)33-20-17(8-6-12-28-20)29-22-30-19(24(25,26)27)21(34-22)31-13-10-15(32)11-14-31/h4-9,12,15,32H,10-11,13-14H2,1-3H3,(H,29,30). The molecule has 1 aromatic carbocycles. The maximum Gasteiger partial charge on any atom is 0.436 e. The van der Waals surface area contributed by atoms with Crippen LogP contribution in [0.3, 0.4) is 0 Å². The van der Waals surface area contributed by atoms with E-state index in [2.05, 4.69) is 36.1 Å². The van der Waals surface area contributed by atoms with E-state index < -0.39 is 18.0 Å². The van der Waals surface area contributed by atoms with Gasteiger partial charge >= 0.3 is 6.18 Å². The number of piperidine rings is 1. The molecule has 0 amide bonds. The van der Waals surface area contributed by atoms with Crippen LogP contribution in [0, 0.1) is 0 Å². The topological polar surface area (TPSA) is 70.5 Å². The number of ether oxygens (including phenoxy) is 1. The quantitative estimate of drug-likeness (QED) is 0.432. The number of hydrogen-bond acceptors (Lipinski definition) is 7. The van der Waals surface area contributed by atoms with Crippen molar-refractivity contribution in [1.82, 2.24) is 9.97 Å². The lowest BCUT2D eigenvalue weighted by Crippen LogP contribution is -2.36. The second kappa shape index (κ2) is 9.42. The molecule has 182 valence electrons. The fourth-order valence-electron chi connectivity index (χ4n) is 3.80. The Morgan fingerprint density at radius 1 is 1.09 bits per heavy atom. The molecule has 0 aliphatic carbocycles. The molecule has 0 saturated carbocycles. The molecule has 3 aromatic rings. The monoisotopic (exact) mass is 492 g/mol. The minimum Gasteiger partial charge on any atom is -0.437 e. The minimum absolute atomic E-state index is 0.0475. The van der Waals surface area contributed by atoms with E-state index in [-0.39, 0.29) is 21.4 Å². The zero-order chi connectivity index (χ0) is 24.5. The molecule has 4 rings (SSSR count). The molecule has 0 spiro atoms. The molecule has 1 saturated heterocycles. The summed E-state index contributed by atoms with van der Waals surface area (Å²) in [7, 11) is 0. The first-order valence-corrected chi connectivity index (χ1v) is 11.8. The highest BCUT2D eigenvalue weighted by atomic mass is 32.1. The van der Waals surface area contributed by atoms with Gasteiger partial charge in [-0.15, -0.1) is 0 Å². The smallest absolute Gasteiger partial charge is 0.436 e. The number of pyridine rings is 1. The van der Waals surface area contributed by atoms with Crippen LogP contribution in [0.15, 0.2) is 42.6 Å². The molecule has 0 unspecified atom stereocenters. The first-order chi connectivity index (χ1) is 16.0. The molecular formula is C24H27F3N4O2S. The Bertz CT molecular complexity index is 1140. The van der Waals surface area contributed by atoms with E-state index in [1.165, 1.54) is 0 Å². The van der Waals surface area contributed by atoms with Gasteiger partial charge in [-0.2, -0.15) is 13.2 Å². The van der Waals surface area contributed by atoms with E-state index in [0.717, 1.165) is 16.9 Å². The fourth-order valence-corrected chi connectivity index (χ4v) is 4.85. The third-order valence-corrected chi connectivity index (χ3v) is 6.58. The number of nitrogens with zero attached hydrogens (tertiary/aromatic N) is 3. The number of anilines is 3. The van der Waals surface area contributed by atoms with E-state index in [0.29, 0.717) is 37.4 Å². The van der Waals surface area contributed by atoms with Gasteiger partial charge in [0.05, 0.1) is 6.10 Å². The van der Waals surface area contributed by atoms with Gasteiger partial charge in [0.2, 0.25) is 5.88 Å². The lowest BCUT2D eigenvalue weighted by atomic mass is 9.86. The highest BCUT2D eigenvalue weighted by Crippen LogP contribution is 2.44. The third kappa shape index (κ3) is 5.44. The predicted octanol–water partition coefficient (Wildman–Crippen LogP) is 6.35. The van der Waals surface area contributed by atoms with E-state index in [1.807, 2.05) is 24.3 Å². The first kappa shape index (κ1) is 24.3. The Balaban J connectivity index is 1.64. The van der Waals surface area contributed by atoms with E-state index in [9.17, 15) is 18.3 Å². The third-order valence-electron chi connectivity index (χ3n) is 5.54. The Morgan fingerprint density at radius 2 is 1.79 bits per heavy atom. The summed E-state index contributed by atoms with van der Waals surface area (Å²) >= 11 is 0.930. The van der Waals surface area contributed by atoms with Crippen LogP contribution in [0.2, 0.25) is 0 Å². The molecule has 34 heavy (non-hydrogen) atoms. The number of para-hydroxylation sites is 1. The van der Waals surface area contributed by atoms with Crippen molar-refractivity contribution in [2.45, 2.75) is 51.3 Å². The number of halogens is 3. The van der Waals surface area contributed by atoms with Crippen LogP contribution in [-0.4, -0.2) is 34.3 Å². The Labute approximate surface area is 200 Å². The van der Waals surface area contributed by atoms with Crippen molar-refractivity contribution in [1.29, 1.82) is 0 Å². The number of rotatable bonds is 5. The zero-order valence-electron chi connectivity index (χ0n) is 19.2. The molecular weight excluding hydrogens is 465 g/mol. The van der Waals surface area contributed by atoms with Crippen molar-refractivity contribution in [3.63, 3.8) is 0 Å². The van der Waals surface area contributed by atoms with Crippen molar-refractivity contribution >= 4 is 27.2 Å². The van der Waals surface area contributed by atoms with Crippen molar-refractivity contribution in [3.05, 3.63) is 53.9 Å². The van der Waals surface area contributed by atoms with Crippen LogP contribution >= 0.6 is 11.3 Å². The molecule has 1 aliphatic heterocycles. The number of aliphatic hydroxyl groups excluding tert-OH is 1. The summed E-state index contributed by atoms with van der Waals surface area (Å²) in [4.78, 5) is 9.81. The number of nitrogens with one attached hydrogen (secondary N) is 1. The Morgan fingerprint density at radius 3 is 2.47 bits per heavy atom. The largest absolute Gasteiger partial charge is 0.437 e. The highest BCUT2D eigenvalue weighted by Gasteiger charge is 2.40. The zero-order valence-corrected chi connectivity index (χ0v) is 20.0. The van der Waals surface area contributed by atoms with E-state index >= 15 is 0 Å². The second-order valence-electron chi connectivity index (χ2n) is 9.22. The number of alkyl halides is 3. The molecule has 0 bridgehead atoms. The molecule has 2 aromatic heterocycles. The molecule has 1 fully saturated rings. The van der Waals surface area contributed by atoms with Gasteiger partial charge in [0.15, 0.2) is 10.8 Å². The molecule has 0 radical (unpaired) electrons. The van der Waals surface area contributed by atoms with Gasteiger partial charge < -0.3 is 20.1 Å². The summed E-state index contributed by atoms with van der Waals surface area (Å²) in [6, 6.07) is 11.0. The average molecular weight is 493 g/mol. The number of hydrogen-bond donors (Lipinski definition) is 2. The number of thiazole rings is 1. The normalized spacial score (nSPS) is 15.4. The summed E-state index contributed by atoms with van der Waals surface area (Å²) in [5.74, 6) is 0.866. The second-order valence-corrected chi connectivity index (χ2v) is 10.2. The molecule has 0 atom stereocenters. The van der Waals surface area contributed by atoms with Crippen molar-refractivity contribution < 1.29 is 23.0 Å². The lowest BCUT2D eigenvalue weighted by molar-refractivity contribution is -0.140. The first-order valence-electron chi connectivity index (χ1n) is 11.0. The Hall–Kier alpha value is -2.85. The maximum absolute atomic E-state index is 13.8. The van der Waals surface area contributed by atoms with Crippen LogP contribution in [0.25, 0.3) is 0 Å². The van der Waals surface area contributed by atoms with Crippen LogP contribution in [0.1, 0.15) is 44.9 Å². The fraction of sp³-hybridized carbons (Fsp3) is 0.417. The predicted molar refractivity (Wildman–Crippen MR) is 127 cm³/mol. The molecule has 6 nitrogen and oxygen atoms in total. The lowest BCUT2D eigenvalue weighted by Gasteiger charge is -2.30. The van der Waals surface area contributed by atoms with Crippen molar-refractivity contribution in [3.8, 4) is 11.6 Å². The molecule has 2 N–H and O–H groups in total. The number of benzene rings is 1. The van der Waals surface area contributed by atoms with Crippen LogP contribution in [-0.2, 0) is 11.6 Å². The minimum atomic E-state index is -4.60. The van der Waals surface area contributed by atoms with Crippen LogP contribution in [0.5, 0.6) is 11.6 Å². The highest BCUT2D eigenvalue weighted by molar-refractivity contribution is 7.19. The number of aliphatic hydroxyl groups is 1. The van der Waals surface area contributed by atoms with Gasteiger partial charge in [0, 0.05) is 24.8 Å². The van der Waals surface area contributed by atoms with Gasteiger partial charge in [-0.3, -0.25) is 0 Å². The van der Waals surface area contributed by atoms with E-state index in [4.69, 9.17) is 4.74 Å². The van der Waals surface area contributed by atoms with Gasteiger partial charge in [-0.25, -0.2) is 9.97 Å². The van der Waals surface area contributed by atoms with Crippen molar-refractivity contribution in [2.24, 2.45) is 0 Å². The average Bonchev–Trinajstić information content (AvgIpc) is 3.20. The van der Waals surface area contributed by atoms with Gasteiger partial charge in [0.1, 0.15) is 16.4 Å². The summed E-state index contributed by atoms with van der Waals surface area (Å²) in [6.45, 7) is 6.90. The van der Waals surface area contributed by atoms with Gasteiger partial charge in [-0.05, 0) is 36.5 Å². The number of aromatic nitrogens is 2. The van der Waals surface area contributed by atoms with Gasteiger partial charge in [0.25, 0.3) is 0 Å². The van der Waals surface area contributed by atoms with Gasteiger partial charge in [-0.1, -0.05) is 50.3 Å². The summed E-state index contributed by atoms with van der Waals surface area (Å²) in [5.41, 5.74) is 0.289. The summed E-state index contributed by atoms with van der Waals surface area (Å²) in [5, 5.41) is 12.8. The summed E-state index contributed by atoms with van der Waals surface area (Å²) in [6.07, 6.45) is -2.67. The van der Waals surface area contributed by atoms with E-state index in [1.54, 1.807) is 23.2 Å². The van der Waals surface area contributed by atoms with Crippen molar-refractivity contribution in [2.75, 3.05) is 23.3 Å². The van der Waals surface area contributed by atoms with Crippen LogP contribution < -0.4 is 15.0 Å². The summed E-state index contributed by atoms with van der Waals surface area (Å²) < 4.78 is 47.4. The van der Waals surface area contributed by atoms with Crippen LogP contribution in [0.4, 0.5) is 29.0 Å². The Kier molecular flexibility index (Phi) is 6.73. The SMILES string of the molecule is CC(C)(C)c1ccccc1Oc1ncccc1Nc1nc(C(F)(F)F)c(N2CCC(O)CC2)s1. The molecule has 3 heterocycles. The molecule has 10 heteroatoms.